The number of nitrogens with zero attached hydrogens (tertiary/aromatic N) is 3. The van der Waals surface area contributed by atoms with Crippen molar-refractivity contribution in [3.63, 3.8) is 0 Å². The van der Waals surface area contributed by atoms with Gasteiger partial charge in [-0.05, 0) is 107 Å². The Labute approximate surface area is 333 Å². The molecule has 0 bridgehead atoms. The van der Waals surface area contributed by atoms with E-state index in [2.05, 4.69) is 72.3 Å². The van der Waals surface area contributed by atoms with Crippen LogP contribution in [0.25, 0.3) is 21.8 Å². The summed E-state index contributed by atoms with van der Waals surface area (Å²) in [5.74, 6) is -0.992. The van der Waals surface area contributed by atoms with Gasteiger partial charge in [-0.25, -0.2) is 0 Å². The lowest BCUT2D eigenvalue weighted by Crippen LogP contribution is -2.51. The number of amides is 4. The number of hydrogen-bond donors (Lipinski definition) is 2. The van der Waals surface area contributed by atoms with Gasteiger partial charge in [-0.15, -0.1) is 0 Å². The normalized spacial score (nSPS) is 17.4. The first-order chi connectivity index (χ1) is 27.7. The zero-order chi connectivity index (χ0) is 39.5. The second-order valence-corrected chi connectivity index (χ2v) is 16.5. The maximum atomic E-state index is 13.6. The van der Waals surface area contributed by atoms with Gasteiger partial charge in [0.05, 0.1) is 27.7 Å². The van der Waals surface area contributed by atoms with Gasteiger partial charge in [-0.3, -0.25) is 29.0 Å². The third-order valence-corrected chi connectivity index (χ3v) is 13.5. The first-order valence-corrected chi connectivity index (χ1v) is 20.5. The molecule has 1 fully saturated rings. The summed E-state index contributed by atoms with van der Waals surface area (Å²) in [4.78, 5) is 67.5. The van der Waals surface area contributed by atoms with Crippen LogP contribution < -0.4 is 0 Å². The van der Waals surface area contributed by atoms with Gasteiger partial charge >= 0.3 is 0 Å². The highest BCUT2D eigenvalue weighted by molar-refractivity contribution is 6.22. The minimum absolute atomic E-state index is 0.0399. The Morgan fingerprint density at radius 3 is 1.33 bits per heavy atom. The summed E-state index contributed by atoms with van der Waals surface area (Å²) in [7, 11) is 4.44. The van der Waals surface area contributed by atoms with Crippen molar-refractivity contribution in [2.45, 2.75) is 75.7 Å². The molecule has 1 saturated carbocycles. The highest BCUT2D eigenvalue weighted by Gasteiger charge is 2.49. The van der Waals surface area contributed by atoms with Crippen molar-refractivity contribution >= 4 is 45.4 Å². The number of aromatic amines is 2. The minimum Gasteiger partial charge on any atom is -0.357 e. The predicted molar refractivity (Wildman–Crippen MR) is 223 cm³/mol. The van der Waals surface area contributed by atoms with Crippen molar-refractivity contribution in [2.75, 3.05) is 27.2 Å². The van der Waals surface area contributed by atoms with Gasteiger partial charge in [0.25, 0.3) is 23.6 Å². The van der Waals surface area contributed by atoms with Crippen molar-refractivity contribution < 1.29 is 19.2 Å². The smallest absolute Gasteiger partial charge is 0.261 e. The van der Waals surface area contributed by atoms with E-state index in [0.717, 1.165) is 89.3 Å². The highest BCUT2D eigenvalue weighted by Crippen LogP contribution is 2.53. The fourth-order valence-corrected chi connectivity index (χ4v) is 10.3. The van der Waals surface area contributed by atoms with E-state index >= 15 is 0 Å². The molecule has 2 N–H and O–H groups in total. The Bertz CT molecular complexity index is 2340. The lowest BCUT2D eigenvalue weighted by molar-refractivity contribution is 0.0635. The summed E-state index contributed by atoms with van der Waals surface area (Å²) < 4.78 is 0. The van der Waals surface area contributed by atoms with E-state index < -0.39 is 5.41 Å². The van der Waals surface area contributed by atoms with Crippen molar-refractivity contribution in [2.24, 2.45) is 0 Å². The van der Waals surface area contributed by atoms with Gasteiger partial charge < -0.3 is 14.9 Å². The fraction of sp³-hybridized carbons (Fsp3) is 0.333. The van der Waals surface area contributed by atoms with Crippen molar-refractivity contribution in [1.29, 1.82) is 0 Å². The van der Waals surface area contributed by atoms with Crippen LogP contribution in [0.15, 0.2) is 97.1 Å². The lowest BCUT2D eigenvalue weighted by atomic mass is 9.61. The summed E-state index contributed by atoms with van der Waals surface area (Å²) in [6.07, 6.45) is 8.04. The van der Waals surface area contributed by atoms with E-state index in [0.29, 0.717) is 35.1 Å². The Morgan fingerprint density at radius 2 is 0.947 bits per heavy atom. The number of benzene rings is 4. The molecule has 0 radical (unpaired) electrons. The summed E-state index contributed by atoms with van der Waals surface area (Å²) >= 11 is 0. The molecule has 4 heterocycles. The molecule has 1 aliphatic carbocycles. The number of fused-ring (bicyclic) bond motifs is 4. The standard InChI is InChI=1S/C48H49N5O4/c1-4-5-24-47(51(2)3)25-27-48(28-26-47,41-33(31-14-10-12-20-39(31)49-41)22-29-52-43(54)35-16-6-7-17-36(35)44(52)55)42-34(32-15-11-13-21-40(32)50-42)23-30-53-45(56)37-18-8-9-19-38(37)46(53)57/h6-21,49-50H,4-5,22-30H2,1-3H3. The molecular weight excluding hydrogens is 711 g/mol. The number of aromatic nitrogens is 2. The van der Waals surface area contributed by atoms with E-state index in [9.17, 15) is 19.2 Å². The Hall–Kier alpha value is -5.80. The molecule has 57 heavy (non-hydrogen) atoms. The summed E-state index contributed by atoms with van der Waals surface area (Å²) in [5.41, 5.74) is 7.83. The zero-order valence-corrected chi connectivity index (χ0v) is 33.0. The third-order valence-electron chi connectivity index (χ3n) is 13.5. The van der Waals surface area contributed by atoms with Crippen molar-refractivity contribution in [3.05, 3.63) is 142 Å². The average molecular weight is 760 g/mol. The maximum Gasteiger partial charge on any atom is 0.261 e. The summed E-state index contributed by atoms with van der Waals surface area (Å²) in [6.45, 7) is 2.77. The molecule has 2 aliphatic heterocycles. The first kappa shape index (κ1) is 36.8. The lowest BCUT2D eigenvalue weighted by Gasteiger charge is -2.50. The van der Waals surface area contributed by atoms with Crippen LogP contribution in [0.1, 0.15) is 116 Å². The third kappa shape index (κ3) is 5.85. The van der Waals surface area contributed by atoms with Crippen LogP contribution in [0.2, 0.25) is 0 Å². The number of H-pyrrole nitrogens is 2. The van der Waals surface area contributed by atoms with Gasteiger partial charge in [0.2, 0.25) is 0 Å². The number of hydrogen-bond acceptors (Lipinski definition) is 5. The predicted octanol–water partition coefficient (Wildman–Crippen LogP) is 8.68. The Morgan fingerprint density at radius 1 is 0.561 bits per heavy atom. The molecule has 0 saturated heterocycles. The van der Waals surface area contributed by atoms with Crippen LogP contribution >= 0.6 is 0 Å². The van der Waals surface area contributed by atoms with Crippen molar-refractivity contribution in [1.82, 2.24) is 24.7 Å². The van der Waals surface area contributed by atoms with Crippen LogP contribution in [0.4, 0.5) is 0 Å². The molecule has 4 amide bonds. The minimum atomic E-state index is -0.502. The molecule has 9 rings (SSSR count). The zero-order valence-electron chi connectivity index (χ0n) is 33.0. The van der Waals surface area contributed by atoms with E-state index in [1.807, 2.05) is 12.1 Å². The Balaban J connectivity index is 1.17. The van der Waals surface area contributed by atoms with E-state index in [1.165, 1.54) is 9.80 Å². The molecule has 0 unspecified atom stereocenters. The van der Waals surface area contributed by atoms with Crippen LogP contribution in [-0.4, -0.2) is 81.0 Å². The molecule has 290 valence electrons. The second kappa shape index (κ2) is 14.3. The van der Waals surface area contributed by atoms with Crippen molar-refractivity contribution in [3.8, 4) is 0 Å². The quantitative estimate of drug-likeness (QED) is 0.121. The van der Waals surface area contributed by atoms with Gasteiger partial charge in [0.1, 0.15) is 0 Å². The SMILES string of the molecule is CCCCC1(N(C)C)CCC(c2[nH]c3ccccc3c2CCN2C(=O)c3ccccc3C2=O)(c2[nH]c3ccccc3c2CCN2C(=O)c3ccccc3C2=O)CC1. The van der Waals surface area contributed by atoms with Crippen LogP contribution in [-0.2, 0) is 18.3 Å². The van der Waals surface area contributed by atoms with Gasteiger partial charge in [0.15, 0.2) is 0 Å². The topological polar surface area (TPSA) is 110 Å². The largest absolute Gasteiger partial charge is 0.357 e. The highest BCUT2D eigenvalue weighted by atomic mass is 16.2. The molecule has 9 heteroatoms. The molecule has 6 aromatic rings. The average Bonchev–Trinajstić information content (AvgIpc) is 3.94. The number of para-hydroxylation sites is 2. The summed E-state index contributed by atoms with van der Waals surface area (Å²) in [5, 5.41) is 2.17. The number of nitrogens with one attached hydrogen (secondary N) is 2. The summed E-state index contributed by atoms with van der Waals surface area (Å²) in [6, 6.07) is 30.9. The molecule has 9 nitrogen and oxygen atoms in total. The van der Waals surface area contributed by atoms with E-state index in [-0.39, 0.29) is 42.3 Å². The molecular formula is C48H49N5O4. The number of unbranched alkanes of at least 4 members (excludes halogenated alkanes) is 1. The number of carbonyl (C=O) groups is 4. The Kier molecular flexibility index (Phi) is 9.23. The number of carbonyl (C=O) groups excluding carboxylic acids is 4. The van der Waals surface area contributed by atoms with E-state index in [4.69, 9.17) is 0 Å². The van der Waals surface area contributed by atoms with Crippen LogP contribution in [0.5, 0.6) is 0 Å². The molecule has 3 aliphatic rings. The number of imide groups is 2. The fourth-order valence-electron chi connectivity index (χ4n) is 10.3. The second-order valence-electron chi connectivity index (χ2n) is 16.5. The molecule has 0 spiro atoms. The van der Waals surface area contributed by atoms with Gasteiger partial charge in [0, 0.05) is 51.8 Å². The first-order valence-electron chi connectivity index (χ1n) is 20.5. The maximum absolute atomic E-state index is 13.6. The monoisotopic (exact) mass is 759 g/mol. The van der Waals surface area contributed by atoms with Gasteiger partial charge in [-0.1, -0.05) is 80.4 Å². The van der Waals surface area contributed by atoms with Gasteiger partial charge in [-0.2, -0.15) is 0 Å². The van der Waals surface area contributed by atoms with E-state index in [1.54, 1.807) is 48.5 Å². The van der Waals surface area contributed by atoms with Crippen LogP contribution in [0.3, 0.4) is 0 Å². The molecule has 4 aromatic carbocycles. The van der Waals surface area contributed by atoms with Crippen LogP contribution in [0, 0.1) is 0 Å². The number of rotatable bonds is 12. The molecule has 2 aromatic heterocycles. The molecule has 0 atom stereocenters.